The molecule has 3 nitrogen and oxygen atoms in total. The van der Waals surface area contributed by atoms with E-state index in [4.69, 9.17) is 4.74 Å². The number of rotatable bonds is 5. The molecule has 0 unspecified atom stereocenters. The first-order valence-electron chi connectivity index (χ1n) is 8.71. The van der Waals surface area contributed by atoms with Crippen LogP contribution in [0, 0.1) is 5.92 Å². The van der Waals surface area contributed by atoms with Crippen LogP contribution in [0.5, 0.6) is 5.75 Å². The van der Waals surface area contributed by atoms with Crippen molar-refractivity contribution in [2.24, 2.45) is 5.92 Å². The lowest BCUT2D eigenvalue weighted by molar-refractivity contribution is 0.316. The van der Waals surface area contributed by atoms with E-state index in [0.29, 0.717) is 0 Å². The Balaban J connectivity index is 1.35. The molecule has 3 heteroatoms. The standard InChI is InChI=1S/C21H24N2O/c1-24-20-5-2-16(3-6-20)14-23-11-9-18(15-23)12-17-4-7-21-19(13-17)8-10-22-21/h2-8,10,13,18,22H,9,11-12,14-15H2,1H3/t18-/m0/s1. The quantitative estimate of drug-likeness (QED) is 0.761. The molecule has 1 saturated heterocycles. The summed E-state index contributed by atoms with van der Waals surface area (Å²) in [5, 5.41) is 1.32. The minimum atomic E-state index is 0.764. The highest BCUT2D eigenvalue weighted by Gasteiger charge is 2.22. The van der Waals surface area contributed by atoms with Gasteiger partial charge in [0, 0.05) is 24.8 Å². The number of fused-ring (bicyclic) bond motifs is 1. The number of nitrogens with zero attached hydrogens (tertiary/aromatic N) is 1. The number of likely N-dealkylation sites (tertiary alicyclic amines) is 1. The smallest absolute Gasteiger partial charge is 0.118 e. The molecule has 2 aromatic carbocycles. The lowest BCUT2D eigenvalue weighted by Gasteiger charge is -2.16. The van der Waals surface area contributed by atoms with Crippen molar-refractivity contribution >= 4 is 10.9 Å². The third-order valence-corrected chi connectivity index (χ3v) is 5.08. The Morgan fingerprint density at radius 3 is 2.75 bits per heavy atom. The van der Waals surface area contributed by atoms with Crippen LogP contribution in [0.15, 0.2) is 54.7 Å². The zero-order valence-electron chi connectivity index (χ0n) is 14.2. The van der Waals surface area contributed by atoms with E-state index >= 15 is 0 Å². The zero-order valence-corrected chi connectivity index (χ0v) is 14.2. The summed E-state index contributed by atoms with van der Waals surface area (Å²) >= 11 is 0. The Bertz CT molecular complexity index is 806. The Labute approximate surface area is 143 Å². The fourth-order valence-electron chi connectivity index (χ4n) is 3.78. The van der Waals surface area contributed by atoms with Crippen molar-refractivity contribution in [3.05, 3.63) is 65.9 Å². The summed E-state index contributed by atoms with van der Waals surface area (Å²) in [6.07, 6.45) is 4.49. The molecule has 0 amide bonds. The number of aromatic nitrogens is 1. The molecule has 1 aromatic heterocycles. The van der Waals surface area contributed by atoms with Gasteiger partial charge >= 0.3 is 0 Å². The maximum absolute atomic E-state index is 5.23. The molecule has 1 N–H and O–H groups in total. The molecule has 1 fully saturated rings. The number of aromatic amines is 1. The highest BCUT2D eigenvalue weighted by atomic mass is 16.5. The van der Waals surface area contributed by atoms with Crippen molar-refractivity contribution in [3.8, 4) is 5.75 Å². The molecular weight excluding hydrogens is 296 g/mol. The summed E-state index contributed by atoms with van der Waals surface area (Å²) in [5.74, 6) is 1.69. The molecule has 0 saturated carbocycles. The van der Waals surface area contributed by atoms with Crippen molar-refractivity contribution in [2.45, 2.75) is 19.4 Å². The number of H-pyrrole nitrogens is 1. The maximum atomic E-state index is 5.23. The van der Waals surface area contributed by atoms with E-state index in [2.05, 4.69) is 58.4 Å². The minimum Gasteiger partial charge on any atom is -0.497 e. The third kappa shape index (κ3) is 3.31. The van der Waals surface area contributed by atoms with Crippen LogP contribution < -0.4 is 4.74 Å². The Kier molecular flexibility index (Phi) is 4.26. The van der Waals surface area contributed by atoms with E-state index in [1.807, 2.05) is 6.20 Å². The molecule has 4 rings (SSSR count). The fraction of sp³-hybridized carbons (Fsp3) is 0.333. The normalized spacial score (nSPS) is 18.3. The molecule has 1 aliphatic rings. The second-order valence-electron chi connectivity index (χ2n) is 6.84. The molecule has 1 aliphatic heterocycles. The van der Waals surface area contributed by atoms with E-state index in [9.17, 15) is 0 Å². The van der Waals surface area contributed by atoms with Crippen molar-refractivity contribution in [2.75, 3.05) is 20.2 Å². The first-order valence-corrected chi connectivity index (χ1v) is 8.71. The van der Waals surface area contributed by atoms with Gasteiger partial charge in [-0.3, -0.25) is 4.90 Å². The molecule has 0 bridgehead atoms. The maximum Gasteiger partial charge on any atom is 0.118 e. The van der Waals surface area contributed by atoms with Crippen LogP contribution in [0.1, 0.15) is 17.5 Å². The number of methoxy groups -OCH3 is 1. The number of ether oxygens (including phenoxy) is 1. The second kappa shape index (κ2) is 6.70. The highest BCUT2D eigenvalue weighted by molar-refractivity contribution is 5.79. The molecule has 0 spiro atoms. The average Bonchev–Trinajstić information content (AvgIpc) is 3.24. The predicted octanol–water partition coefficient (Wildman–Crippen LogP) is 4.24. The van der Waals surface area contributed by atoms with Gasteiger partial charge in [0.15, 0.2) is 0 Å². The monoisotopic (exact) mass is 320 g/mol. The number of hydrogen-bond acceptors (Lipinski definition) is 2. The number of benzene rings is 2. The van der Waals surface area contributed by atoms with Crippen LogP contribution in [0.25, 0.3) is 10.9 Å². The fourth-order valence-corrected chi connectivity index (χ4v) is 3.78. The zero-order chi connectivity index (χ0) is 16.4. The van der Waals surface area contributed by atoms with E-state index in [1.165, 1.54) is 48.0 Å². The minimum absolute atomic E-state index is 0.764. The summed E-state index contributed by atoms with van der Waals surface area (Å²) in [6.45, 7) is 3.43. The van der Waals surface area contributed by atoms with Gasteiger partial charge in [0.1, 0.15) is 5.75 Å². The van der Waals surface area contributed by atoms with E-state index in [-0.39, 0.29) is 0 Å². The van der Waals surface area contributed by atoms with Crippen LogP contribution >= 0.6 is 0 Å². The Hall–Kier alpha value is -2.26. The lowest BCUT2D eigenvalue weighted by Crippen LogP contribution is -2.20. The summed E-state index contributed by atoms with van der Waals surface area (Å²) in [7, 11) is 1.71. The predicted molar refractivity (Wildman–Crippen MR) is 98.4 cm³/mol. The van der Waals surface area contributed by atoms with Gasteiger partial charge < -0.3 is 9.72 Å². The van der Waals surface area contributed by atoms with Gasteiger partial charge in [-0.1, -0.05) is 18.2 Å². The summed E-state index contributed by atoms with van der Waals surface area (Å²) < 4.78 is 5.23. The first kappa shape index (κ1) is 15.3. The van der Waals surface area contributed by atoms with Crippen LogP contribution in [0.3, 0.4) is 0 Å². The van der Waals surface area contributed by atoms with Crippen LogP contribution in [-0.4, -0.2) is 30.1 Å². The highest BCUT2D eigenvalue weighted by Crippen LogP contribution is 2.24. The summed E-state index contributed by atoms with van der Waals surface area (Å²) in [4.78, 5) is 5.84. The van der Waals surface area contributed by atoms with Gasteiger partial charge in [0.2, 0.25) is 0 Å². The number of nitrogens with one attached hydrogen (secondary N) is 1. The van der Waals surface area contributed by atoms with E-state index < -0.39 is 0 Å². The van der Waals surface area contributed by atoms with Crippen molar-refractivity contribution in [1.82, 2.24) is 9.88 Å². The van der Waals surface area contributed by atoms with Crippen molar-refractivity contribution in [3.63, 3.8) is 0 Å². The van der Waals surface area contributed by atoms with Gasteiger partial charge in [-0.15, -0.1) is 0 Å². The van der Waals surface area contributed by atoms with E-state index in [0.717, 1.165) is 18.2 Å². The van der Waals surface area contributed by atoms with Gasteiger partial charge in [0.25, 0.3) is 0 Å². The van der Waals surface area contributed by atoms with Crippen molar-refractivity contribution < 1.29 is 4.74 Å². The van der Waals surface area contributed by atoms with Crippen LogP contribution in [0.4, 0.5) is 0 Å². The largest absolute Gasteiger partial charge is 0.497 e. The molecule has 124 valence electrons. The Morgan fingerprint density at radius 2 is 1.92 bits per heavy atom. The molecule has 0 aliphatic carbocycles. The van der Waals surface area contributed by atoms with Crippen LogP contribution in [-0.2, 0) is 13.0 Å². The molecule has 1 atom stereocenters. The van der Waals surface area contributed by atoms with Gasteiger partial charge in [-0.2, -0.15) is 0 Å². The number of hydrogen-bond donors (Lipinski definition) is 1. The van der Waals surface area contributed by atoms with Crippen LogP contribution in [0.2, 0.25) is 0 Å². The first-order chi connectivity index (χ1) is 11.8. The molecule has 2 heterocycles. The molecule has 3 aromatic rings. The Morgan fingerprint density at radius 1 is 1.08 bits per heavy atom. The van der Waals surface area contributed by atoms with Gasteiger partial charge in [-0.25, -0.2) is 0 Å². The topological polar surface area (TPSA) is 28.3 Å². The lowest BCUT2D eigenvalue weighted by atomic mass is 9.98. The third-order valence-electron chi connectivity index (χ3n) is 5.08. The SMILES string of the molecule is COc1ccc(CN2CC[C@@H](Cc3ccc4[nH]ccc4c3)C2)cc1. The van der Waals surface area contributed by atoms with E-state index in [1.54, 1.807) is 7.11 Å². The molecule has 24 heavy (non-hydrogen) atoms. The second-order valence-corrected chi connectivity index (χ2v) is 6.84. The molecule has 0 radical (unpaired) electrons. The summed E-state index contributed by atoms with van der Waals surface area (Å²) in [5.41, 5.74) is 4.05. The summed E-state index contributed by atoms with van der Waals surface area (Å²) in [6, 6.07) is 17.4. The van der Waals surface area contributed by atoms with Gasteiger partial charge in [0.05, 0.1) is 7.11 Å². The van der Waals surface area contributed by atoms with Gasteiger partial charge in [-0.05, 0) is 72.1 Å². The molecular formula is C21H24N2O. The average molecular weight is 320 g/mol. The van der Waals surface area contributed by atoms with Crippen molar-refractivity contribution in [1.29, 1.82) is 0 Å².